The van der Waals surface area contributed by atoms with Crippen LogP contribution >= 0.6 is 0 Å². The second kappa shape index (κ2) is 9.79. The lowest BCUT2D eigenvalue weighted by atomic mass is 9.91. The largest absolute Gasteiger partial charge is 0.491 e. The van der Waals surface area contributed by atoms with Crippen molar-refractivity contribution < 1.29 is 19.0 Å². The molecule has 1 unspecified atom stereocenters. The number of aryl methyl sites for hydroxylation is 1. The van der Waals surface area contributed by atoms with Crippen LogP contribution in [0.25, 0.3) is 0 Å². The Bertz CT molecular complexity index is 939. The van der Waals surface area contributed by atoms with Gasteiger partial charge in [-0.2, -0.15) is 0 Å². The monoisotopic (exact) mass is 428 g/mol. The van der Waals surface area contributed by atoms with E-state index in [0.717, 1.165) is 24.4 Å². The number of halogens is 1. The summed E-state index contributed by atoms with van der Waals surface area (Å²) >= 11 is 0. The molecular weight excluding hydrogens is 395 g/mol. The molecule has 2 aromatic rings. The minimum absolute atomic E-state index is 0.158. The van der Waals surface area contributed by atoms with Gasteiger partial charge in [-0.1, -0.05) is 6.07 Å². The second-order valence-electron chi connectivity index (χ2n) is 8.73. The van der Waals surface area contributed by atoms with E-state index in [1.54, 1.807) is 19.9 Å². The molecule has 2 atom stereocenters. The van der Waals surface area contributed by atoms with Crippen molar-refractivity contribution in [1.82, 2.24) is 10.2 Å². The predicted molar refractivity (Wildman–Crippen MR) is 120 cm³/mol. The summed E-state index contributed by atoms with van der Waals surface area (Å²) in [6, 6.07) is 8.81. The quantitative estimate of drug-likeness (QED) is 0.669. The molecule has 2 N–H and O–H groups in total. The van der Waals surface area contributed by atoms with E-state index in [0.29, 0.717) is 23.6 Å². The fraction of sp³-hybridized carbons (Fsp3) is 0.480. The highest BCUT2D eigenvalue weighted by Crippen LogP contribution is 2.34. The molecule has 0 aromatic heterocycles. The van der Waals surface area contributed by atoms with Gasteiger partial charge in [-0.3, -0.25) is 9.69 Å². The normalized spacial score (nSPS) is 16.5. The average molecular weight is 429 g/mol. The number of aliphatic hydroxyl groups excluding tert-OH is 1. The minimum Gasteiger partial charge on any atom is -0.491 e. The van der Waals surface area contributed by atoms with Crippen LogP contribution in [0.2, 0.25) is 0 Å². The highest BCUT2D eigenvalue weighted by atomic mass is 19.1. The number of rotatable bonds is 8. The van der Waals surface area contributed by atoms with E-state index in [2.05, 4.69) is 37.1 Å². The van der Waals surface area contributed by atoms with Gasteiger partial charge in [0.1, 0.15) is 18.2 Å². The van der Waals surface area contributed by atoms with Crippen LogP contribution in [-0.4, -0.2) is 48.3 Å². The minimum atomic E-state index is -0.496. The molecule has 1 saturated heterocycles. The van der Waals surface area contributed by atoms with Gasteiger partial charge in [0.25, 0.3) is 5.91 Å². The van der Waals surface area contributed by atoms with Gasteiger partial charge in [0.2, 0.25) is 0 Å². The van der Waals surface area contributed by atoms with Crippen LogP contribution in [0.3, 0.4) is 0 Å². The highest BCUT2D eigenvalue weighted by molar-refractivity contribution is 5.94. The Labute approximate surface area is 184 Å². The van der Waals surface area contributed by atoms with Crippen molar-refractivity contribution in [1.29, 1.82) is 0 Å². The third-order valence-electron chi connectivity index (χ3n) is 6.21. The first-order chi connectivity index (χ1) is 14.7. The third-order valence-corrected chi connectivity index (χ3v) is 6.21. The molecule has 1 fully saturated rings. The first kappa shape index (κ1) is 23.2. The predicted octanol–water partition coefficient (Wildman–Crippen LogP) is 3.93. The molecular formula is C25H33FN2O3. The maximum atomic E-state index is 13.4. The van der Waals surface area contributed by atoms with Crippen LogP contribution in [0.1, 0.15) is 52.5 Å². The maximum Gasteiger partial charge on any atom is 0.251 e. The Balaban J connectivity index is 1.52. The summed E-state index contributed by atoms with van der Waals surface area (Å²) in [5.41, 5.74) is 4.55. The number of nitrogens with one attached hydrogen (secondary N) is 1. The van der Waals surface area contributed by atoms with E-state index in [4.69, 9.17) is 4.74 Å². The van der Waals surface area contributed by atoms with Gasteiger partial charge in [-0.25, -0.2) is 4.39 Å². The Hall–Kier alpha value is -2.44. The first-order valence-electron chi connectivity index (χ1n) is 10.9. The summed E-state index contributed by atoms with van der Waals surface area (Å²) in [7, 11) is 0. The van der Waals surface area contributed by atoms with Crippen molar-refractivity contribution in [2.24, 2.45) is 5.92 Å². The fourth-order valence-corrected chi connectivity index (χ4v) is 4.01. The zero-order valence-electron chi connectivity index (χ0n) is 19.0. The van der Waals surface area contributed by atoms with Gasteiger partial charge in [-0.15, -0.1) is 0 Å². The topological polar surface area (TPSA) is 61.8 Å². The zero-order valence-corrected chi connectivity index (χ0v) is 19.0. The number of carbonyl (C=O) groups is 1. The van der Waals surface area contributed by atoms with Crippen molar-refractivity contribution in [3.8, 4) is 5.75 Å². The molecule has 1 aliphatic rings. The van der Waals surface area contributed by atoms with Crippen molar-refractivity contribution in [3.05, 3.63) is 64.0 Å². The van der Waals surface area contributed by atoms with Crippen molar-refractivity contribution in [2.45, 2.75) is 46.8 Å². The fourth-order valence-electron chi connectivity index (χ4n) is 4.01. The van der Waals surface area contributed by atoms with E-state index in [1.807, 2.05) is 6.07 Å². The van der Waals surface area contributed by atoms with Crippen LogP contribution in [0.15, 0.2) is 30.3 Å². The molecule has 1 aliphatic heterocycles. The lowest BCUT2D eigenvalue weighted by Gasteiger charge is -2.44. The summed E-state index contributed by atoms with van der Waals surface area (Å²) in [6.07, 6.45) is -0.496. The number of likely N-dealkylation sites (tertiary alicyclic amines) is 1. The Morgan fingerprint density at radius 2 is 1.90 bits per heavy atom. The molecule has 0 saturated carbocycles. The Morgan fingerprint density at radius 3 is 2.55 bits per heavy atom. The molecule has 1 heterocycles. The van der Waals surface area contributed by atoms with Gasteiger partial charge < -0.3 is 15.2 Å². The van der Waals surface area contributed by atoms with Crippen molar-refractivity contribution in [3.63, 3.8) is 0 Å². The van der Waals surface area contributed by atoms with Gasteiger partial charge in [0.05, 0.1) is 6.10 Å². The van der Waals surface area contributed by atoms with Crippen LogP contribution < -0.4 is 10.1 Å². The van der Waals surface area contributed by atoms with Gasteiger partial charge >= 0.3 is 0 Å². The number of hydrogen-bond donors (Lipinski definition) is 2. The summed E-state index contributed by atoms with van der Waals surface area (Å²) in [4.78, 5) is 14.7. The number of benzene rings is 2. The number of hydrogen-bond acceptors (Lipinski definition) is 4. The number of nitrogens with zero attached hydrogens (tertiary/aromatic N) is 1. The van der Waals surface area contributed by atoms with Gasteiger partial charge in [-0.05, 0) is 81.1 Å². The third kappa shape index (κ3) is 5.43. The number of amides is 1. The molecule has 0 aliphatic carbocycles. The smallest absolute Gasteiger partial charge is 0.251 e. The molecule has 0 spiro atoms. The number of carbonyl (C=O) groups excluding carboxylic acids is 1. The van der Waals surface area contributed by atoms with E-state index >= 15 is 0 Å². The first-order valence-corrected chi connectivity index (χ1v) is 10.9. The van der Waals surface area contributed by atoms with E-state index in [-0.39, 0.29) is 24.4 Å². The molecule has 168 valence electrons. The Morgan fingerprint density at radius 1 is 1.19 bits per heavy atom. The van der Waals surface area contributed by atoms with E-state index in [1.165, 1.54) is 23.3 Å². The van der Waals surface area contributed by atoms with Crippen LogP contribution in [0, 0.1) is 32.5 Å². The lowest BCUT2D eigenvalue weighted by molar-refractivity contribution is 0.0569. The number of ether oxygens (including phenoxy) is 1. The molecule has 1 amide bonds. The van der Waals surface area contributed by atoms with Crippen LogP contribution in [0.4, 0.5) is 4.39 Å². The summed E-state index contributed by atoms with van der Waals surface area (Å²) in [5.74, 6) is 0.764. The molecule has 6 heteroatoms. The summed E-state index contributed by atoms with van der Waals surface area (Å²) < 4.78 is 19.1. The van der Waals surface area contributed by atoms with Crippen LogP contribution in [-0.2, 0) is 0 Å². The molecule has 3 rings (SSSR count). The Kier molecular flexibility index (Phi) is 7.34. The van der Waals surface area contributed by atoms with Crippen molar-refractivity contribution >= 4 is 5.91 Å². The maximum absolute atomic E-state index is 13.4. The van der Waals surface area contributed by atoms with Gasteiger partial charge in [0, 0.05) is 37.2 Å². The zero-order chi connectivity index (χ0) is 22.7. The molecule has 0 bridgehead atoms. The highest BCUT2D eigenvalue weighted by Gasteiger charge is 2.32. The molecule has 0 radical (unpaired) electrons. The second-order valence-corrected chi connectivity index (χ2v) is 8.73. The SMILES string of the molecule is Cc1cc(C(=O)NCC2CN(C(C)c3ccc(OC[C@@H](C)O)c(C)c3C)C2)ccc1F. The van der Waals surface area contributed by atoms with Crippen molar-refractivity contribution in [2.75, 3.05) is 26.2 Å². The molecule has 31 heavy (non-hydrogen) atoms. The van der Waals surface area contributed by atoms with E-state index in [9.17, 15) is 14.3 Å². The van der Waals surface area contributed by atoms with Crippen LogP contribution in [0.5, 0.6) is 5.75 Å². The molecule has 5 nitrogen and oxygen atoms in total. The lowest BCUT2D eigenvalue weighted by Crippen LogP contribution is -2.52. The standard InChI is InChI=1S/C25H33FN2O3/c1-15-10-21(6-8-23(15)26)25(30)27-11-20-12-28(13-20)19(5)22-7-9-24(18(4)17(22)3)31-14-16(2)29/h6-10,16,19-20,29H,11-14H2,1-5H3,(H,27,30)/t16-,19?/m1/s1. The summed E-state index contributed by atoms with van der Waals surface area (Å²) in [5, 5.41) is 12.4. The molecule has 2 aromatic carbocycles. The van der Waals surface area contributed by atoms with E-state index < -0.39 is 6.10 Å². The summed E-state index contributed by atoms with van der Waals surface area (Å²) in [6.45, 7) is 12.5. The number of aliphatic hydroxyl groups is 1. The van der Waals surface area contributed by atoms with Gasteiger partial charge in [0.15, 0.2) is 0 Å². The average Bonchev–Trinajstić information content (AvgIpc) is 2.69.